The van der Waals surface area contributed by atoms with Crippen LogP contribution in [-0.4, -0.2) is 47.1 Å². The fourth-order valence-corrected chi connectivity index (χ4v) is 4.95. The molecule has 3 heterocycles. The summed E-state index contributed by atoms with van der Waals surface area (Å²) in [5.74, 6) is 1.08. The molecule has 0 bridgehead atoms. The molecule has 3 aliphatic rings. The lowest BCUT2D eigenvalue weighted by Crippen LogP contribution is -2.51. The number of fused-ring (bicyclic) bond motifs is 1. The van der Waals surface area contributed by atoms with Crippen LogP contribution in [0, 0.1) is 18.8 Å². The molecule has 8 heteroatoms. The molecule has 32 heavy (non-hydrogen) atoms. The van der Waals surface area contributed by atoms with Gasteiger partial charge in [-0.1, -0.05) is 6.92 Å². The van der Waals surface area contributed by atoms with Crippen LogP contribution in [0.15, 0.2) is 30.5 Å². The Bertz CT molecular complexity index is 1050. The molecule has 0 radical (unpaired) electrons. The molecule has 2 fully saturated rings. The van der Waals surface area contributed by atoms with Crippen molar-refractivity contribution in [3.63, 3.8) is 0 Å². The summed E-state index contributed by atoms with van der Waals surface area (Å²) in [7, 11) is 0. The normalized spacial score (nSPS) is 25.0. The predicted octanol–water partition coefficient (Wildman–Crippen LogP) is 2.85. The first-order valence-corrected chi connectivity index (χ1v) is 11.3. The van der Waals surface area contributed by atoms with E-state index >= 15 is 0 Å². The zero-order valence-electron chi connectivity index (χ0n) is 18.7. The third kappa shape index (κ3) is 3.83. The van der Waals surface area contributed by atoms with Gasteiger partial charge in [0.1, 0.15) is 0 Å². The van der Waals surface area contributed by atoms with Gasteiger partial charge >= 0.3 is 0 Å². The summed E-state index contributed by atoms with van der Waals surface area (Å²) < 4.78 is 5.17. The molecule has 1 aromatic carbocycles. The number of nitrogens with zero attached hydrogens (tertiary/aromatic N) is 3. The Labute approximate surface area is 187 Å². The lowest BCUT2D eigenvalue weighted by Gasteiger charge is -2.45. The lowest BCUT2D eigenvalue weighted by atomic mass is 9.79. The van der Waals surface area contributed by atoms with E-state index in [1.807, 2.05) is 36.1 Å². The van der Waals surface area contributed by atoms with E-state index in [1.165, 1.54) is 0 Å². The van der Waals surface area contributed by atoms with Gasteiger partial charge in [0.05, 0.1) is 25.3 Å². The summed E-state index contributed by atoms with van der Waals surface area (Å²) in [6, 6.07) is 7.54. The summed E-state index contributed by atoms with van der Waals surface area (Å²) in [5.41, 5.74) is 3.24. The fourth-order valence-electron chi connectivity index (χ4n) is 4.95. The molecule has 2 amide bonds. The maximum atomic E-state index is 12.8. The summed E-state index contributed by atoms with van der Waals surface area (Å²) in [4.78, 5) is 36.5. The van der Waals surface area contributed by atoms with Crippen LogP contribution in [0.1, 0.15) is 54.3 Å². The van der Waals surface area contributed by atoms with Gasteiger partial charge < -0.3 is 20.3 Å². The van der Waals surface area contributed by atoms with Crippen LogP contribution in [0.4, 0.5) is 11.6 Å². The number of ether oxygens (including phenoxy) is 1. The van der Waals surface area contributed by atoms with Crippen LogP contribution in [0.2, 0.25) is 0 Å². The minimum absolute atomic E-state index is 0.0315. The third-order valence-corrected chi connectivity index (χ3v) is 6.74. The van der Waals surface area contributed by atoms with E-state index in [1.54, 1.807) is 13.1 Å². The lowest BCUT2D eigenvalue weighted by molar-refractivity contribution is -0.117. The van der Waals surface area contributed by atoms with Crippen molar-refractivity contribution in [2.45, 2.75) is 51.7 Å². The molecular formula is C24H29N5O3. The zero-order chi connectivity index (χ0) is 22.4. The summed E-state index contributed by atoms with van der Waals surface area (Å²) in [6.45, 7) is 6.82. The molecule has 0 spiro atoms. The van der Waals surface area contributed by atoms with Crippen molar-refractivity contribution in [2.75, 3.05) is 23.4 Å². The number of rotatable bonds is 5. The van der Waals surface area contributed by atoms with Gasteiger partial charge in [0.15, 0.2) is 0 Å². The highest BCUT2D eigenvalue weighted by Crippen LogP contribution is 2.50. The van der Waals surface area contributed by atoms with Gasteiger partial charge in [0.25, 0.3) is 5.91 Å². The summed E-state index contributed by atoms with van der Waals surface area (Å²) in [5, 5.41) is 6.52. The number of benzene rings is 1. The Morgan fingerprint density at radius 3 is 2.59 bits per heavy atom. The molecule has 3 atom stereocenters. The first-order chi connectivity index (χ1) is 15.4. The van der Waals surface area contributed by atoms with Gasteiger partial charge in [0.2, 0.25) is 11.9 Å². The standard InChI is InChI=1S/C24H29N5O3/c1-13-8-9-25-24(26-13)28-21-14(2)22(16-4-5-16)29(15(3)30)20-7-6-17(10-19(20)21)23(31)27-18-11-32-12-18/h6-10,14,16,18,21-22H,4-5,11-12H2,1-3H3,(H,27,31)(H,25,26,28)/t14-,21-,22-/m1/s1. The molecule has 5 rings (SSSR count). The molecule has 2 aliphatic heterocycles. The Hall–Kier alpha value is -3.00. The highest BCUT2D eigenvalue weighted by atomic mass is 16.5. The number of anilines is 2. The molecule has 1 saturated heterocycles. The van der Waals surface area contributed by atoms with Crippen molar-refractivity contribution in [1.82, 2.24) is 15.3 Å². The molecule has 8 nitrogen and oxygen atoms in total. The van der Waals surface area contributed by atoms with Crippen molar-refractivity contribution in [1.29, 1.82) is 0 Å². The second-order valence-electron chi connectivity index (χ2n) is 9.20. The van der Waals surface area contributed by atoms with Crippen LogP contribution < -0.4 is 15.5 Å². The Kier molecular flexibility index (Phi) is 5.33. The monoisotopic (exact) mass is 435 g/mol. The summed E-state index contributed by atoms with van der Waals surface area (Å²) in [6.07, 6.45) is 4.00. The highest BCUT2D eigenvalue weighted by molar-refractivity contribution is 5.98. The van der Waals surface area contributed by atoms with E-state index in [0.29, 0.717) is 30.6 Å². The predicted molar refractivity (Wildman–Crippen MR) is 120 cm³/mol. The quantitative estimate of drug-likeness (QED) is 0.750. The number of hydrogen-bond acceptors (Lipinski definition) is 6. The topological polar surface area (TPSA) is 96.5 Å². The van der Waals surface area contributed by atoms with Crippen LogP contribution in [-0.2, 0) is 9.53 Å². The number of carbonyl (C=O) groups is 2. The van der Waals surface area contributed by atoms with E-state index in [2.05, 4.69) is 27.5 Å². The Balaban J connectivity index is 1.55. The third-order valence-electron chi connectivity index (χ3n) is 6.74. The highest BCUT2D eigenvalue weighted by Gasteiger charge is 2.47. The van der Waals surface area contributed by atoms with Gasteiger partial charge in [0, 0.05) is 42.0 Å². The van der Waals surface area contributed by atoms with Gasteiger partial charge in [-0.15, -0.1) is 0 Å². The fraction of sp³-hybridized carbons (Fsp3) is 0.500. The van der Waals surface area contributed by atoms with Crippen LogP contribution >= 0.6 is 0 Å². The van der Waals surface area contributed by atoms with E-state index in [0.717, 1.165) is 29.8 Å². The van der Waals surface area contributed by atoms with Gasteiger partial charge in [-0.25, -0.2) is 9.97 Å². The molecule has 0 unspecified atom stereocenters. The van der Waals surface area contributed by atoms with Crippen LogP contribution in [0.3, 0.4) is 0 Å². The minimum Gasteiger partial charge on any atom is -0.377 e. The van der Waals surface area contributed by atoms with Crippen molar-refractivity contribution < 1.29 is 14.3 Å². The second kappa shape index (κ2) is 8.16. The van der Waals surface area contributed by atoms with Crippen LogP contribution in [0.5, 0.6) is 0 Å². The smallest absolute Gasteiger partial charge is 0.251 e. The maximum Gasteiger partial charge on any atom is 0.251 e. The molecule has 1 aliphatic carbocycles. The number of aryl methyl sites for hydroxylation is 1. The minimum atomic E-state index is -0.127. The number of aromatic nitrogens is 2. The number of nitrogens with one attached hydrogen (secondary N) is 2. The van der Waals surface area contributed by atoms with E-state index < -0.39 is 0 Å². The van der Waals surface area contributed by atoms with Crippen LogP contribution in [0.25, 0.3) is 0 Å². The largest absolute Gasteiger partial charge is 0.377 e. The molecule has 1 saturated carbocycles. The van der Waals surface area contributed by atoms with E-state index in [9.17, 15) is 9.59 Å². The van der Waals surface area contributed by atoms with Gasteiger partial charge in [-0.05, 0) is 55.5 Å². The molecule has 2 aromatic rings. The van der Waals surface area contributed by atoms with Crippen molar-refractivity contribution in [2.24, 2.45) is 11.8 Å². The van der Waals surface area contributed by atoms with Gasteiger partial charge in [-0.2, -0.15) is 0 Å². The first kappa shape index (κ1) is 20.9. The summed E-state index contributed by atoms with van der Waals surface area (Å²) >= 11 is 0. The number of hydrogen-bond donors (Lipinski definition) is 2. The Morgan fingerprint density at radius 1 is 1.19 bits per heavy atom. The maximum absolute atomic E-state index is 12.8. The van der Waals surface area contributed by atoms with Gasteiger partial charge in [-0.3, -0.25) is 9.59 Å². The number of amides is 2. The van der Waals surface area contributed by atoms with Crippen molar-refractivity contribution in [3.8, 4) is 0 Å². The SMILES string of the molecule is CC(=O)N1c2ccc(C(=O)NC3COC3)cc2[C@H](Nc2nccc(C)n2)[C@@H](C)[C@@H]1C1CC1. The average Bonchev–Trinajstić information content (AvgIpc) is 3.56. The van der Waals surface area contributed by atoms with E-state index in [4.69, 9.17) is 4.74 Å². The molecular weight excluding hydrogens is 406 g/mol. The molecule has 1 aromatic heterocycles. The zero-order valence-corrected chi connectivity index (χ0v) is 18.7. The molecule has 2 N–H and O–H groups in total. The van der Waals surface area contributed by atoms with Crippen molar-refractivity contribution >= 4 is 23.5 Å². The first-order valence-electron chi connectivity index (χ1n) is 11.3. The number of carbonyl (C=O) groups excluding carboxylic acids is 2. The Morgan fingerprint density at radius 2 is 1.97 bits per heavy atom. The average molecular weight is 436 g/mol. The molecule has 168 valence electrons. The van der Waals surface area contributed by atoms with Crippen molar-refractivity contribution in [3.05, 3.63) is 47.3 Å². The second-order valence-corrected chi connectivity index (χ2v) is 9.20. The van der Waals surface area contributed by atoms with E-state index in [-0.39, 0.29) is 35.9 Å².